The van der Waals surface area contributed by atoms with Gasteiger partial charge in [-0.05, 0) is 56.8 Å². The second-order valence-electron chi connectivity index (χ2n) is 6.76. The van der Waals surface area contributed by atoms with Gasteiger partial charge in [-0.2, -0.15) is 0 Å². The van der Waals surface area contributed by atoms with E-state index in [-0.39, 0.29) is 6.03 Å². The molecule has 19 heavy (non-hydrogen) atoms. The van der Waals surface area contributed by atoms with E-state index in [0.29, 0.717) is 12.6 Å². The van der Waals surface area contributed by atoms with Crippen molar-refractivity contribution in [2.75, 3.05) is 6.54 Å². The molecular formula is C15H28N2O2. The van der Waals surface area contributed by atoms with Crippen LogP contribution in [0.25, 0.3) is 0 Å². The summed E-state index contributed by atoms with van der Waals surface area (Å²) in [4.78, 5) is 11.8. The van der Waals surface area contributed by atoms with Gasteiger partial charge in [-0.3, -0.25) is 0 Å². The van der Waals surface area contributed by atoms with Crippen LogP contribution in [-0.2, 0) is 0 Å². The number of nitrogens with one attached hydrogen (secondary N) is 2. The van der Waals surface area contributed by atoms with Crippen LogP contribution in [0.15, 0.2) is 0 Å². The second kappa shape index (κ2) is 6.12. The molecule has 0 radical (unpaired) electrons. The molecule has 2 fully saturated rings. The molecule has 0 saturated heterocycles. The molecule has 2 rings (SSSR count). The highest BCUT2D eigenvalue weighted by molar-refractivity contribution is 5.74. The minimum Gasteiger partial charge on any atom is -0.388 e. The SMILES string of the molecule is CC(C)C1CCC(NC(=O)NCC2(O)CCC2)CC1. The van der Waals surface area contributed by atoms with Crippen LogP contribution in [0.5, 0.6) is 0 Å². The van der Waals surface area contributed by atoms with Crippen molar-refractivity contribution in [3.8, 4) is 0 Å². The first-order valence-corrected chi connectivity index (χ1v) is 7.75. The Kier molecular flexibility index (Phi) is 4.71. The lowest BCUT2D eigenvalue weighted by Crippen LogP contribution is -2.52. The van der Waals surface area contributed by atoms with Crippen molar-refractivity contribution in [2.24, 2.45) is 11.8 Å². The average Bonchev–Trinajstić information content (AvgIpc) is 2.35. The number of urea groups is 1. The molecule has 3 N–H and O–H groups in total. The fourth-order valence-electron chi connectivity index (χ4n) is 3.17. The summed E-state index contributed by atoms with van der Waals surface area (Å²) < 4.78 is 0. The third-order valence-corrected chi connectivity index (χ3v) is 4.91. The van der Waals surface area contributed by atoms with Crippen molar-refractivity contribution in [1.82, 2.24) is 10.6 Å². The molecule has 4 heteroatoms. The lowest BCUT2D eigenvalue weighted by molar-refractivity contribution is -0.0290. The number of hydrogen-bond donors (Lipinski definition) is 3. The standard InChI is InChI=1S/C15H28N2O2/c1-11(2)12-4-6-13(7-5-12)17-14(18)16-10-15(19)8-3-9-15/h11-13,19H,3-10H2,1-2H3,(H2,16,17,18). The molecule has 0 aromatic heterocycles. The number of hydrogen-bond acceptors (Lipinski definition) is 2. The normalized spacial score (nSPS) is 29.7. The van der Waals surface area contributed by atoms with E-state index in [1.54, 1.807) is 0 Å². The van der Waals surface area contributed by atoms with Crippen LogP contribution in [0, 0.1) is 11.8 Å². The Morgan fingerprint density at radius 2 is 1.89 bits per heavy atom. The van der Waals surface area contributed by atoms with E-state index in [1.165, 1.54) is 12.8 Å². The van der Waals surface area contributed by atoms with Gasteiger partial charge in [0.05, 0.1) is 5.60 Å². The van der Waals surface area contributed by atoms with Gasteiger partial charge in [-0.1, -0.05) is 13.8 Å². The van der Waals surface area contributed by atoms with Crippen molar-refractivity contribution in [3.05, 3.63) is 0 Å². The summed E-state index contributed by atoms with van der Waals surface area (Å²) in [5, 5.41) is 15.8. The van der Waals surface area contributed by atoms with Crippen LogP contribution in [0.1, 0.15) is 58.8 Å². The Labute approximate surface area is 116 Å². The Hall–Kier alpha value is -0.770. The number of amides is 2. The van der Waals surface area contributed by atoms with Crippen LogP contribution in [-0.4, -0.2) is 29.3 Å². The zero-order valence-corrected chi connectivity index (χ0v) is 12.2. The van der Waals surface area contributed by atoms with Crippen molar-refractivity contribution in [3.63, 3.8) is 0 Å². The van der Waals surface area contributed by atoms with E-state index in [2.05, 4.69) is 24.5 Å². The van der Waals surface area contributed by atoms with Gasteiger partial charge in [-0.15, -0.1) is 0 Å². The minimum absolute atomic E-state index is 0.117. The molecule has 0 aromatic rings. The molecule has 0 aromatic carbocycles. The summed E-state index contributed by atoms with van der Waals surface area (Å²) in [5.74, 6) is 1.57. The third-order valence-electron chi connectivity index (χ3n) is 4.91. The first-order chi connectivity index (χ1) is 8.98. The van der Waals surface area contributed by atoms with E-state index >= 15 is 0 Å². The summed E-state index contributed by atoms with van der Waals surface area (Å²) in [6.45, 7) is 4.95. The van der Waals surface area contributed by atoms with Gasteiger partial charge in [0.25, 0.3) is 0 Å². The van der Waals surface area contributed by atoms with Crippen LogP contribution in [0.4, 0.5) is 4.79 Å². The van der Waals surface area contributed by atoms with Gasteiger partial charge in [0.2, 0.25) is 0 Å². The van der Waals surface area contributed by atoms with Gasteiger partial charge < -0.3 is 15.7 Å². The molecule has 2 aliphatic carbocycles. The maximum Gasteiger partial charge on any atom is 0.315 e. The van der Waals surface area contributed by atoms with E-state index in [9.17, 15) is 9.90 Å². The number of rotatable bonds is 4. The van der Waals surface area contributed by atoms with Gasteiger partial charge in [0, 0.05) is 12.6 Å². The predicted molar refractivity (Wildman–Crippen MR) is 75.9 cm³/mol. The maximum absolute atomic E-state index is 11.8. The molecule has 0 bridgehead atoms. The molecule has 2 saturated carbocycles. The first-order valence-electron chi connectivity index (χ1n) is 7.75. The van der Waals surface area contributed by atoms with Crippen LogP contribution < -0.4 is 10.6 Å². The van der Waals surface area contributed by atoms with E-state index < -0.39 is 5.60 Å². The van der Waals surface area contributed by atoms with Crippen molar-refractivity contribution in [1.29, 1.82) is 0 Å². The Morgan fingerprint density at radius 1 is 1.26 bits per heavy atom. The Balaban J connectivity index is 1.63. The predicted octanol–water partition coefficient (Wildman–Crippen LogP) is 2.42. The number of carbonyl (C=O) groups excluding carboxylic acids is 1. The monoisotopic (exact) mass is 268 g/mol. The summed E-state index contributed by atoms with van der Waals surface area (Å²) in [6.07, 6.45) is 7.29. The van der Waals surface area contributed by atoms with Crippen LogP contribution in [0.2, 0.25) is 0 Å². The van der Waals surface area contributed by atoms with Gasteiger partial charge >= 0.3 is 6.03 Å². The van der Waals surface area contributed by atoms with Crippen molar-refractivity contribution < 1.29 is 9.90 Å². The molecular weight excluding hydrogens is 240 g/mol. The number of aliphatic hydroxyl groups is 1. The Morgan fingerprint density at radius 3 is 2.37 bits per heavy atom. The van der Waals surface area contributed by atoms with E-state index in [4.69, 9.17) is 0 Å². The first kappa shape index (κ1) is 14.6. The molecule has 0 heterocycles. The van der Waals surface area contributed by atoms with E-state index in [0.717, 1.165) is 43.9 Å². The lowest BCUT2D eigenvalue weighted by Gasteiger charge is -2.37. The van der Waals surface area contributed by atoms with Gasteiger partial charge in [0.15, 0.2) is 0 Å². The molecule has 110 valence electrons. The summed E-state index contributed by atoms with van der Waals surface area (Å²) in [6, 6.07) is 0.194. The lowest BCUT2D eigenvalue weighted by atomic mass is 9.79. The summed E-state index contributed by atoms with van der Waals surface area (Å²) in [5.41, 5.74) is -0.632. The Bertz CT molecular complexity index is 305. The average molecular weight is 268 g/mol. The summed E-state index contributed by atoms with van der Waals surface area (Å²) >= 11 is 0. The molecule has 4 nitrogen and oxygen atoms in total. The molecule has 0 unspecified atom stereocenters. The van der Waals surface area contributed by atoms with Gasteiger partial charge in [-0.25, -0.2) is 4.79 Å². The molecule has 2 amide bonds. The quantitative estimate of drug-likeness (QED) is 0.733. The fourth-order valence-corrected chi connectivity index (χ4v) is 3.17. The molecule has 0 atom stereocenters. The van der Waals surface area contributed by atoms with E-state index in [1.807, 2.05) is 0 Å². The smallest absolute Gasteiger partial charge is 0.315 e. The maximum atomic E-state index is 11.8. The highest BCUT2D eigenvalue weighted by atomic mass is 16.3. The fraction of sp³-hybridized carbons (Fsp3) is 0.933. The zero-order chi connectivity index (χ0) is 13.9. The highest BCUT2D eigenvalue weighted by Gasteiger charge is 2.34. The highest BCUT2D eigenvalue weighted by Crippen LogP contribution is 2.31. The van der Waals surface area contributed by atoms with Gasteiger partial charge in [0.1, 0.15) is 0 Å². The zero-order valence-electron chi connectivity index (χ0n) is 12.2. The summed E-state index contributed by atoms with van der Waals surface area (Å²) in [7, 11) is 0. The van der Waals surface area contributed by atoms with Crippen LogP contribution in [0.3, 0.4) is 0 Å². The molecule has 0 aliphatic heterocycles. The number of carbonyl (C=O) groups is 1. The van der Waals surface area contributed by atoms with Crippen molar-refractivity contribution in [2.45, 2.75) is 70.4 Å². The van der Waals surface area contributed by atoms with Crippen LogP contribution >= 0.6 is 0 Å². The molecule has 2 aliphatic rings. The third kappa shape index (κ3) is 4.10. The topological polar surface area (TPSA) is 61.4 Å². The largest absolute Gasteiger partial charge is 0.388 e. The second-order valence-corrected chi connectivity index (χ2v) is 6.76. The van der Waals surface area contributed by atoms with Crippen molar-refractivity contribution >= 4 is 6.03 Å². The molecule has 0 spiro atoms. The minimum atomic E-state index is -0.632.